The van der Waals surface area contributed by atoms with Crippen LogP contribution in [0, 0.1) is 0 Å². The van der Waals surface area contributed by atoms with Gasteiger partial charge in [0.25, 0.3) is 11.6 Å². The molecule has 9 heterocycles. The highest BCUT2D eigenvalue weighted by molar-refractivity contribution is 7.47. The number of esters is 2. The van der Waals surface area contributed by atoms with Gasteiger partial charge in [0.15, 0.2) is 50.1 Å². The van der Waals surface area contributed by atoms with E-state index in [4.69, 9.17) is 125 Å². The summed E-state index contributed by atoms with van der Waals surface area (Å²) in [5.74, 6) is -15.5. The summed E-state index contributed by atoms with van der Waals surface area (Å²) in [5, 5.41) is 310. The van der Waals surface area contributed by atoms with Gasteiger partial charge in [-0.05, 0) is 0 Å². The second kappa shape index (κ2) is 51.4. The number of hydrogen-bond acceptors (Lipinski definition) is 59. The van der Waals surface area contributed by atoms with Crippen molar-refractivity contribution < 1.29 is 294 Å². The Morgan fingerprint density at radius 2 is 0.879 bits per heavy atom. The second-order valence-electron chi connectivity index (χ2n) is 33.7. The van der Waals surface area contributed by atoms with E-state index >= 15 is 0 Å². The third-order valence-electron chi connectivity index (χ3n) is 23.6. The molecule has 0 aromatic carbocycles. The summed E-state index contributed by atoms with van der Waals surface area (Å²) in [6.45, 7) is -11.7. The van der Waals surface area contributed by atoms with Crippen molar-refractivity contribution in [3.8, 4) is 0 Å². The van der Waals surface area contributed by atoms with E-state index < -0.39 is 443 Å². The Bertz CT molecular complexity index is 4050. The lowest BCUT2D eigenvalue weighted by molar-refractivity contribution is -0.414. The Kier molecular flexibility index (Phi) is 43.6. The molecule has 140 heavy (non-hydrogen) atoms. The average Bonchev–Trinajstić information content (AvgIpc) is 0.749. The molecule has 812 valence electrons. The topological polar surface area (TPSA) is 1040 Å². The first kappa shape index (κ1) is 119. The van der Waals surface area contributed by atoms with Gasteiger partial charge in [0.2, 0.25) is 11.8 Å². The number of rotatable bonds is 46. The maximum Gasteiger partial charge on any atom is 0.472 e. The molecule has 0 aromatic rings. The Morgan fingerprint density at radius 1 is 0.421 bits per heavy atom. The minimum atomic E-state index is -5.95. The van der Waals surface area contributed by atoms with E-state index in [0.717, 1.165) is 27.7 Å². The van der Waals surface area contributed by atoms with Crippen LogP contribution in [0.4, 0.5) is 0 Å². The lowest BCUT2D eigenvalue weighted by Gasteiger charge is -2.53. The smallest absolute Gasteiger partial charge is 0.472 e. The highest BCUT2D eigenvalue weighted by Gasteiger charge is 2.66. The molecule has 9 saturated heterocycles. The molecular formula is C73H125N5O60P2. The summed E-state index contributed by atoms with van der Waals surface area (Å²) in [6.07, 6.45) is -109. The summed E-state index contributed by atoms with van der Waals surface area (Å²) in [4.78, 5) is 99.7. The zero-order valence-electron chi connectivity index (χ0n) is 74.4. The van der Waals surface area contributed by atoms with Crippen LogP contribution >= 0.6 is 15.6 Å². The van der Waals surface area contributed by atoms with Crippen LogP contribution in [0.2, 0.25) is 0 Å². The SMILES string of the molecule is CC(=O)N[C@H]1[C@H](O[C@H]2[C@@H](O)[C@@H](CO)O[C@@H](O[C@H]3[C@H](O)[C@@H](O)[C@H](O[C@H]4[C@H](O[C@H]5O[C@H]([C@H](CO)OP(=O)(O)OCCN)[C@@H](O)[C@H](OP(=O)(O)OCCN)[C@@H]5O[C@H]5O[C@H](COC(C)=O)[C@@H](O)[C@H](OC(C)=O)[C@H]5NC(C)=O)[C@H](O)[C@@H](O[C@H]5[C@@H]([C@H](O)CO)O[C@@](O)(C(=O)O)C[C@H]5O)O[C@@H]4[C@@H](O)CO)O[C@@H]3CO)[C@@H]2O)O[C@H](CO)[C@@H](O[C@@H]2O[C@H](CO)[C@H](O)[C@H](O[C@]3(C(=O)O)C[C@H](O)[C@@H](N)[C@H]([C@H](O)[C@H](O)CO)O3)[C@H]2O)[C@@H]1O. The van der Waals surface area contributed by atoms with Crippen molar-refractivity contribution in [2.24, 2.45) is 17.2 Å². The fourth-order valence-electron chi connectivity index (χ4n) is 16.8. The molecule has 50 atom stereocenters. The van der Waals surface area contributed by atoms with E-state index in [9.17, 15) is 186 Å². The van der Waals surface area contributed by atoms with Gasteiger partial charge in [-0.1, -0.05) is 0 Å². The first-order valence-electron chi connectivity index (χ1n) is 43.2. The Labute approximate surface area is 790 Å². The fourth-order valence-corrected chi connectivity index (χ4v) is 18.6. The molecule has 37 N–H and O–H groups in total. The molecule has 0 aliphatic carbocycles. The van der Waals surface area contributed by atoms with Gasteiger partial charge < -0.3 is 265 Å². The van der Waals surface area contributed by atoms with Gasteiger partial charge in [-0.15, -0.1) is 0 Å². The Balaban J connectivity index is 1.09. The number of nitrogens with one attached hydrogen (secondary N) is 2. The molecular weight excluding hydrogens is 1970 g/mol. The largest absolute Gasteiger partial charge is 0.477 e. The molecule has 0 radical (unpaired) electrons. The van der Waals surface area contributed by atoms with Crippen molar-refractivity contribution in [3.63, 3.8) is 0 Å². The number of aliphatic carboxylic acids is 2. The van der Waals surface area contributed by atoms with E-state index in [2.05, 4.69) is 10.6 Å². The predicted molar refractivity (Wildman–Crippen MR) is 429 cm³/mol. The summed E-state index contributed by atoms with van der Waals surface area (Å²) in [6, 6.07) is -5.97. The second-order valence-corrected chi connectivity index (χ2v) is 36.5. The standard InChI is InChI=1S/C73H125N5O60P2/c1-20(87)77-36-42(100)52(127-67-47(105)58(40(98)30(15-83)121-67)136-73(71(109)110)10-24(91)35(76)55(135-73)38(96)26(93)11-79)31(16-84)122-63(36)130-57-39(97)29(14-82)120-66(46(57)104)128-53-32(17-85)123-65(44(102)43(53)101)132-61-50(27(94)12-80)126-68(125-49-25(92)9-72(111,70(107)108)134-51(49)28(95)13-81)48(106)59(61)131-69-62(133-64-37(78-21(2)88)56(119-23(4)90)41(99)34(124-64)19-116-22(3)89)60(138-140(114,115)118-8-6-75)45(103)54(129-69)33(18-86)137-139(112,113)117-7-5-74/h24-69,79-86,91-106,111H,5-19,74-76H2,1-4H3,(H,77,87)(H,78,88)(H,107,108)(H,109,110)(H,112,113)(H,114,115)/t24-,25+,26+,27-,28+,29+,30+,31+,32+,33-,34+,35+,36+,37+,38+,39-,40-,41+,42+,43+,44+,45+,46+,47+,48-,49+,50+,51+,52+,53+,54+,55+,56+,57-,58-,59+,60-,61+,62-,63-,64+,65-,66-,67-,68-,69+,72+,73-/m0/s1. The summed E-state index contributed by atoms with van der Waals surface area (Å²) >= 11 is 0. The van der Waals surface area contributed by atoms with Gasteiger partial charge >= 0.3 is 39.5 Å². The van der Waals surface area contributed by atoms with Crippen molar-refractivity contribution in [2.75, 3.05) is 85.8 Å². The average molecular weight is 2090 g/mol. The number of phosphoric ester groups is 2. The fraction of sp³-hybridized carbons (Fsp3) is 0.918. The maximum atomic E-state index is 14.3. The highest BCUT2D eigenvalue weighted by Crippen LogP contribution is 2.52. The number of aliphatic hydroxyl groups is 25. The molecule has 9 aliphatic heterocycles. The van der Waals surface area contributed by atoms with E-state index in [-0.39, 0.29) is 0 Å². The van der Waals surface area contributed by atoms with E-state index in [0.29, 0.717) is 0 Å². The number of carbonyl (C=O) groups is 6. The maximum absolute atomic E-state index is 14.3. The molecule has 9 aliphatic rings. The van der Waals surface area contributed by atoms with Crippen LogP contribution in [0.5, 0.6) is 0 Å². The first-order chi connectivity index (χ1) is 65.7. The molecule has 67 heteroatoms. The molecule has 9 fully saturated rings. The van der Waals surface area contributed by atoms with Crippen LogP contribution in [-0.4, -0.2) is 563 Å². The van der Waals surface area contributed by atoms with Crippen molar-refractivity contribution in [3.05, 3.63) is 0 Å². The van der Waals surface area contributed by atoms with Crippen LogP contribution in [0.15, 0.2) is 0 Å². The molecule has 9 rings (SSSR count). The van der Waals surface area contributed by atoms with E-state index in [1.807, 2.05) is 0 Å². The number of amides is 2. The minimum Gasteiger partial charge on any atom is -0.477 e. The van der Waals surface area contributed by atoms with E-state index in [1.54, 1.807) is 0 Å². The van der Waals surface area contributed by atoms with Crippen molar-refractivity contribution >= 4 is 51.3 Å². The lowest BCUT2D eigenvalue weighted by atomic mass is 9.88. The summed E-state index contributed by atoms with van der Waals surface area (Å²) < 4.78 is 160. The van der Waals surface area contributed by atoms with Gasteiger partial charge in [0.05, 0.1) is 84.3 Å². The van der Waals surface area contributed by atoms with Gasteiger partial charge in [0, 0.05) is 53.6 Å². The Hall–Kier alpha value is -4.76. The molecule has 2 unspecified atom stereocenters. The van der Waals surface area contributed by atoms with Crippen LogP contribution < -0.4 is 27.8 Å². The zero-order chi connectivity index (χ0) is 104. The quantitative estimate of drug-likeness (QED) is 0.0199. The monoisotopic (exact) mass is 2090 g/mol. The Morgan fingerprint density at radius 3 is 1.41 bits per heavy atom. The van der Waals surface area contributed by atoms with Gasteiger partial charge in [-0.25, -0.2) is 18.7 Å². The molecule has 0 saturated carbocycles. The number of carbonyl (C=O) groups excluding carboxylic acids is 4. The normalized spacial score (nSPS) is 43.6. The third-order valence-corrected chi connectivity index (χ3v) is 25.7. The number of carboxylic acids is 2. The molecule has 0 aromatic heterocycles. The van der Waals surface area contributed by atoms with Crippen LogP contribution in [0.3, 0.4) is 0 Å². The zero-order valence-corrected chi connectivity index (χ0v) is 76.2. The minimum absolute atomic E-state index is 0.518. The predicted octanol–water partition coefficient (Wildman–Crippen LogP) is -21.3. The lowest BCUT2D eigenvalue weighted by Crippen LogP contribution is -2.71. The number of aliphatic hydroxyl groups excluding tert-OH is 24. The number of phosphoric acid groups is 2. The van der Waals surface area contributed by atoms with Crippen molar-refractivity contribution in [1.29, 1.82) is 0 Å². The number of nitrogens with two attached hydrogens (primary N) is 3. The van der Waals surface area contributed by atoms with E-state index in [1.165, 1.54) is 0 Å². The summed E-state index contributed by atoms with van der Waals surface area (Å²) in [7, 11) is -11.6. The molecule has 0 spiro atoms. The van der Waals surface area contributed by atoms with Gasteiger partial charge in [-0.2, -0.15) is 0 Å². The molecule has 65 nitrogen and oxygen atoms in total. The van der Waals surface area contributed by atoms with Gasteiger partial charge in [0.1, 0.15) is 220 Å². The number of carboxylic acid groups (broad SMARTS) is 2. The van der Waals surface area contributed by atoms with Crippen LogP contribution in [0.25, 0.3) is 0 Å². The van der Waals surface area contributed by atoms with Crippen molar-refractivity contribution in [2.45, 2.75) is 334 Å². The summed E-state index contributed by atoms with van der Waals surface area (Å²) in [5.41, 5.74) is 17.1. The molecule has 2 amide bonds. The highest BCUT2D eigenvalue weighted by atomic mass is 31.2. The van der Waals surface area contributed by atoms with Crippen molar-refractivity contribution in [1.82, 2.24) is 10.6 Å². The molecule has 0 bridgehead atoms. The third kappa shape index (κ3) is 27.9. The van der Waals surface area contributed by atoms with Crippen LogP contribution in [0.1, 0.15) is 40.5 Å². The number of ether oxygens (including phenoxy) is 19. The first-order valence-corrected chi connectivity index (χ1v) is 46.2. The van der Waals surface area contributed by atoms with Gasteiger partial charge in [-0.3, -0.25) is 37.3 Å². The number of hydrogen-bond donors (Lipinski definition) is 34. The van der Waals surface area contributed by atoms with Crippen LogP contribution in [-0.2, 0) is 146 Å².